The van der Waals surface area contributed by atoms with Gasteiger partial charge in [-0.1, -0.05) is 12.2 Å². The second kappa shape index (κ2) is 6.15. The van der Waals surface area contributed by atoms with Crippen LogP contribution in [0.5, 0.6) is 0 Å². The number of hydrogen-bond acceptors (Lipinski definition) is 4. The number of aryl methyl sites for hydroxylation is 2. The Hall–Kier alpha value is -1.14. The van der Waals surface area contributed by atoms with E-state index in [0.717, 1.165) is 23.6 Å². The Balaban J connectivity index is 3.22. The zero-order valence-electron chi connectivity index (χ0n) is 11.7. The third-order valence-corrected chi connectivity index (χ3v) is 3.07. The van der Waals surface area contributed by atoms with E-state index in [1.165, 1.54) is 0 Å². The fraction of sp³-hybridized carbons (Fsp3) is 0.667. The molecular formula is C12H22N4OS. The number of anilines is 1. The summed E-state index contributed by atoms with van der Waals surface area (Å²) in [7, 11) is 3.60. The summed E-state index contributed by atoms with van der Waals surface area (Å²) in [4.78, 5) is 2.59. The van der Waals surface area contributed by atoms with E-state index in [4.69, 9.17) is 22.7 Å². The van der Waals surface area contributed by atoms with E-state index in [1.54, 1.807) is 7.11 Å². The van der Waals surface area contributed by atoms with Crippen molar-refractivity contribution in [1.82, 2.24) is 9.78 Å². The summed E-state index contributed by atoms with van der Waals surface area (Å²) in [5.74, 6) is 0.965. The van der Waals surface area contributed by atoms with Gasteiger partial charge < -0.3 is 15.4 Å². The molecule has 1 heterocycles. The minimum absolute atomic E-state index is 0.322. The molecule has 0 unspecified atom stereocenters. The third kappa shape index (κ3) is 3.00. The lowest BCUT2D eigenvalue weighted by molar-refractivity contribution is 0.203. The van der Waals surface area contributed by atoms with Crippen molar-refractivity contribution in [3.63, 3.8) is 0 Å². The maximum absolute atomic E-state index is 5.82. The summed E-state index contributed by atoms with van der Waals surface area (Å²) in [5, 5.41) is 4.41. The van der Waals surface area contributed by atoms with Gasteiger partial charge in [-0.25, -0.2) is 0 Å². The minimum atomic E-state index is 0.322. The molecule has 102 valence electrons. The monoisotopic (exact) mass is 270 g/mol. The van der Waals surface area contributed by atoms with Crippen molar-refractivity contribution in [3.8, 4) is 0 Å². The summed E-state index contributed by atoms with van der Waals surface area (Å²) in [6.07, 6.45) is 0. The van der Waals surface area contributed by atoms with E-state index in [0.29, 0.717) is 17.6 Å². The zero-order chi connectivity index (χ0) is 13.9. The van der Waals surface area contributed by atoms with Crippen molar-refractivity contribution in [2.24, 2.45) is 12.8 Å². The molecule has 18 heavy (non-hydrogen) atoms. The Morgan fingerprint density at radius 3 is 2.61 bits per heavy atom. The average Bonchev–Trinajstić information content (AvgIpc) is 2.54. The number of hydrogen-bond donors (Lipinski definition) is 1. The van der Waals surface area contributed by atoms with Crippen molar-refractivity contribution >= 4 is 23.0 Å². The number of nitrogens with zero attached hydrogens (tertiary/aromatic N) is 3. The van der Waals surface area contributed by atoms with Crippen LogP contribution < -0.4 is 10.6 Å². The highest BCUT2D eigenvalue weighted by Gasteiger charge is 2.22. The Morgan fingerprint density at radius 2 is 2.17 bits per heavy atom. The lowest BCUT2D eigenvalue weighted by Gasteiger charge is -2.29. The smallest absolute Gasteiger partial charge is 0.137 e. The summed E-state index contributed by atoms with van der Waals surface area (Å²) in [5.41, 5.74) is 7.54. The van der Waals surface area contributed by atoms with Crippen LogP contribution in [0.2, 0.25) is 0 Å². The van der Waals surface area contributed by atoms with Gasteiger partial charge in [0.1, 0.15) is 10.8 Å². The maximum atomic E-state index is 5.82. The molecule has 0 bridgehead atoms. The van der Waals surface area contributed by atoms with Gasteiger partial charge in [0.15, 0.2) is 0 Å². The fourth-order valence-corrected chi connectivity index (χ4v) is 2.30. The van der Waals surface area contributed by atoms with Crippen molar-refractivity contribution in [1.29, 1.82) is 0 Å². The molecule has 0 amide bonds. The predicted molar refractivity (Wildman–Crippen MR) is 78.2 cm³/mol. The second-order valence-corrected chi connectivity index (χ2v) is 4.99. The van der Waals surface area contributed by atoms with E-state index in [-0.39, 0.29) is 0 Å². The zero-order valence-corrected chi connectivity index (χ0v) is 12.5. The maximum Gasteiger partial charge on any atom is 0.137 e. The summed E-state index contributed by atoms with van der Waals surface area (Å²) < 4.78 is 6.99. The van der Waals surface area contributed by atoms with Crippen LogP contribution in [0.1, 0.15) is 25.1 Å². The Kier molecular flexibility index (Phi) is 5.10. The molecule has 0 atom stereocenters. The van der Waals surface area contributed by atoms with E-state index in [9.17, 15) is 0 Å². The standard InChI is InChI=1S/C12H22N4OS/c1-8(2)16(6-7-17-5)12-10(11(13)18)9(3)14-15(12)4/h8H,6-7H2,1-5H3,(H2,13,18). The minimum Gasteiger partial charge on any atom is -0.389 e. The number of ether oxygens (including phenoxy) is 1. The summed E-state index contributed by atoms with van der Waals surface area (Å²) >= 11 is 5.14. The fourth-order valence-electron chi connectivity index (χ4n) is 2.06. The molecule has 1 aromatic heterocycles. The Morgan fingerprint density at radius 1 is 1.56 bits per heavy atom. The highest BCUT2D eigenvalue weighted by Crippen LogP contribution is 2.24. The van der Waals surface area contributed by atoms with Crippen LogP contribution in [0.4, 0.5) is 5.82 Å². The first-order valence-corrected chi connectivity index (χ1v) is 6.40. The number of methoxy groups -OCH3 is 1. The molecule has 0 saturated heterocycles. The van der Waals surface area contributed by atoms with E-state index in [1.807, 2.05) is 18.7 Å². The van der Waals surface area contributed by atoms with Crippen LogP contribution in [0.3, 0.4) is 0 Å². The van der Waals surface area contributed by atoms with Crippen LogP contribution in [0.15, 0.2) is 0 Å². The first-order valence-electron chi connectivity index (χ1n) is 5.99. The van der Waals surface area contributed by atoms with Crippen LogP contribution >= 0.6 is 12.2 Å². The highest BCUT2D eigenvalue weighted by atomic mass is 32.1. The van der Waals surface area contributed by atoms with Crippen molar-refractivity contribution in [2.45, 2.75) is 26.8 Å². The molecule has 0 aliphatic rings. The Bertz CT molecular complexity index is 428. The van der Waals surface area contributed by atoms with Crippen LogP contribution in [-0.4, -0.2) is 41.1 Å². The number of aromatic nitrogens is 2. The van der Waals surface area contributed by atoms with Crippen molar-refractivity contribution in [2.75, 3.05) is 25.2 Å². The lowest BCUT2D eigenvalue weighted by Crippen LogP contribution is -2.36. The molecule has 0 saturated carbocycles. The van der Waals surface area contributed by atoms with Gasteiger partial charge in [-0.2, -0.15) is 5.10 Å². The van der Waals surface area contributed by atoms with Crippen molar-refractivity contribution in [3.05, 3.63) is 11.3 Å². The first-order chi connectivity index (χ1) is 8.40. The summed E-state index contributed by atoms with van der Waals surface area (Å²) in [6, 6.07) is 0.322. The third-order valence-electron chi connectivity index (χ3n) is 2.87. The van der Waals surface area contributed by atoms with Gasteiger partial charge in [-0.05, 0) is 20.8 Å². The SMILES string of the molecule is COCCN(c1c(C(N)=S)c(C)nn1C)C(C)C. The molecule has 2 N–H and O–H groups in total. The largest absolute Gasteiger partial charge is 0.389 e. The normalized spacial score (nSPS) is 11.0. The van der Waals surface area contributed by atoms with Gasteiger partial charge in [0, 0.05) is 26.7 Å². The predicted octanol–water partition coefficient (Wildman–Crippen LogP) is 1.22. The number of nitrogens with two attached hydrogens (primary N) is 1. The number of thiocarbonyl (C=S) groups is 1. The van der Waals surface area contributed by atoms with Gasteiger partial charge in [0.25, 0.3) is 0 Å². The first kappa shape index (κ1) is 14.9. The number of rotatable bonds is 6. The molecule has 6 heteroatoms. The molecular weight excluding hydrogens is 248 g/mol. The molecule has 0 aromatic carbocycles. The summed E-state index contributed by atoms with van der Waals surface area (Å²) in [6.45, 7) is 7.61. The molecule has 0 fully saturated rings. The molecule has 0 spiro atoms. The molecule has 0 aliphatic carbocycles. The topological polar surface area (TPSA) is 56.3 Å². The van der Waals surface area contributed by atoms with Gasteiger partial charge in [0.2, 0.25) is 0 Å². The second-order valence-electron chi connectivity index (χ2n) is 4.55. The van der Waals surface area contributed by atoms with Crippen LogP contribution in [0, 0.1) is 6.92 Å². The highest BCUT2D eigenvalue weighted by molar-refractivity contribution is 7.80. The molecule has 1 aromatic rings. The van der Waals surface area contributed by atoms with Crippen LogP contribution in [0.25, 0.3) is 0 Å². The van der Waals surface area contributed by atoms with Crippen molar-refractivity contribution < 1.29 is 4.74 Å². The van der Waals surface area contributed by atoms with Gasteiger partial charge >= 0.3 is 0 Å². The van der Waals surface area contributed by atoms with Gasteiger partial charge in [0.05, 0.1) is 17.9 Å². The quantitative estimate of drug-likeness (QED) is 0.788. The van der Waals surface area contributed by atoms with Crippen LogP contribution in [-0.2, 0) is 11.8 Å². The lowest BCUT2D eigenvalue weighted by atomic mass is 10.2. The van der Waals surface area contributed by atoms with E-state index in [2.05, 4.69) is 23.8 Å². The molecule has 5 nitrogen and oxygen atoms in total. The van der Waals surface area contributed by atoms with Gasteiger partial charge in [-0.15, -0.1) is 0 Å². The van der Waals surface area contributed by atoms with Gasteiger partial charge in [-0.3, -0.25) is 4.68 Å². The molecule has 0 radical (unpaired) electrons. The van der Waals surface area contributed by atoms with E-state index < -0.39 is 0 Å². The van der Waals surface area contributed by atoms with E-state index >= 15 is 0 Å². The Labute approximate surface area is 114 Å². The average molecular weight is 270 g/mol. The molecule has 1 rings (SSSR count). The molecule has 0 aliphatic heterocycles.